The number of esters is 2. The predicted molar refractivity (Wildman–Crippen MR) is 132 cm³/mol. The summed E-state index contributed by atoms with van der Waals surface area (Å²) < 4.78 is 10.5. The van der Waals surface area contributed by atoms with Gasteiger partial charge in [0.2, 0.25) is 0 Å². The number of hydrogen-bond donors (Lipinski definition) is 1. The van der Waals surface area contributed by atoms with Gasteiger partial charge in [-0.2, -0.15) is 0 Å². The third-order valence-electron chi connectivity index (χ3n) is 5.08. The van der Waals surface area contributed by atoms with Gasteiger partial charge >= 0.3 is 11.9 Å². The number of carbonyl (C=O) groups excluding carboxylic acids is 2. The van der Waals surface area contributed by atoms with E-state index in [-0.39, 0.29) is 24.6 Å². The lowest BCUT2D eigenvalue weighted by molar-refractivity contribution is 0.0517. The lowest BCUT2D eigenvalue weighted by Crippen LogP contribution is -2.14. The van der Waals surface area contributed by atoms with Crippen molar-refractivity contribution in [3.05, 3.63) is 90.1 Å². The first-order valence-electron chi connectivity index (χ1n) is 11.2. The Morgan fingerprint density at radius 3 is 2.09 bits per heavy atom. The zero-order valence-electron chi connectivity index (χ0n) is 19.4. The zero-order chi connectivity index (χ0) is 24.6. The minimum Gasteiger partial charge on any atom is -0.462 e. The summed E-state index contributed by atoms with van der Waals surface area (Å²) in [5, 5.41) is 11.8. The Morgan fingerprint density at radius 1 is 0.800 bits per heavy atom. The van der Waals surface area contributed by atoms with Crippen molar-refractivity contribution in [1.82, 2.24) is 15.2 Å². The number of aromatic nitrogens is 3. The lowest BCUT2D eigenvalue weighted by atomic mass is 9.95. The molecule has 2 heterocycles. The Hall–Kier alpha value is -4.59. The topological polar surface area (TPSA) is 103 Å². The smallest absolute Gasteiger partial charge is 0.342 e. The van der Waals surface area contributed by atoms with Crippen LogP contribution in [-0.2, 0) is 9.47 Å². The van der Waals surface area contributed by atoms with Crippen LogP contribution in [-0.4, -0.2) is 40.3 Å². The number of hydrogen-bond acceptors (Lipinski definition) is 8. The maximum atomic E-state index is 13.3. The number of pyridine rings is 1. The van der Waals surface area contributed by atoms with Gasteiger partial charge in [-0.3, -0.25) is 0 Å². The second-order valence-electron chi connectivity index (χ2n) is 7.37. The Morgan fingerprint density at radius 2 is 1.43 bits per heavy atom. The van der Waals surface area contributed by atoms with Crippen LogP contribution in [0.25, 0.3) is 22.4 Å². The summed E-state index contributed by atoms with van der Waals surface area (Å²) in [6.45, 7) is 3.92. The average molecular weight is 469 g/mol. The second kappa shape index (κ2) is 11.0. The first-order valence-corrected chi connectivity index (χ1v) is 11.2. The van der Waals surface area contributed by atoms with Gasteiger partial charge in [-0.05, 0) is 31.5 Å². The highest BCUT2D eigenvalue weighted by molar-refractivity contribution is 6.05. The summed E-state index contributed by atoms with van der Waals surface area (Å²) in [5.74, 6) is -0.557. The van der Waals surface area contributed by atoms with Crippen LogP contribution in [0, 0.1) is 0 Å². The van der Waals surface area contributed by atoms with Gasteiger partial charge in [0.15, 0.2) is 5.82 Å². The van der Waals surface area contributed by atoms with Gasteiger partial charge in [-0.15, -0.1) is 10.2 Å². The highest BCUT2D eigenvalue weighted by Crippen LogP contribution is 2.37. The van der Waals surface area contributed by atoms with E-state index in [0.717, 1.165) is 11.1 Å². The predicted octanol–water partition coefficient (Wildman–Crippen LogP) is 5.30. The van der Waals surface area contributed by atoms with E-state index in [1.165, 1.54) is 12.3 Å². The van der Waals surface area contributed by atoms with Crippen LogP contribution < -0.4 is 5.32 Å². The third-order valence-corrected chi connectivity index (χ3v) is 5.08. The van der Waals surface area contributed by atoms with Crippen LogP contribution in [0.2, 0.25) is 0 Å². The molecule has 0 amide bonds. The van der Waals surface area contributed by atoms with E-state index < -0.39 is 11.9 Å². The molecule has 0 aliphatic carbocycles. The number of nitrogens with one attached hydrogen (secondary N) is 1. The van der Waals surface area contributed by atoms with Crippen molar-refractivity contribution in [2.45, 2.75) is 13.8 Å². The third kappa shape index (κ3) is 5.33. The molecule has 0 aliphatic rings. The molecule has 4 aromatic rings. The molecule has 0 aliphatic heterocycles. The Kier molecular flexibility index (Phi) is 7.42. The van der Waals surface area contributed by atoms with Crippen LogP contribution >= 0.6 is 0 Å². The molecule has 2 aromatic carbocycles. The molecule has 0 fully saturated rings. The van der Waals surface area contributed by atoms with Crippen molar-refractivity contribution in [1.29, 1.82) is 0 Å². The van der Waals surface area contributed by atoms with Crippen LogP contribution in [0.4, 0.5) is 11.6 Å². The molecule has 1 N–H and O–H groups in total. The molecule has 35 heavy (non-hydrogen) atoms. The average Bonchev–Trinajstić information content (AvgIpc) is 2.90. The Bertz CT molecular complexity index is 1330. The van der Waals surface area contributed by atoms with E-state index in [4.69, 9.17) is 9.47 Å². The number of anilines is 2. The maximum Gasteiger partial charge on any atom is 0.342 e. The molecular formula is C27H24N4O4. The maximum absolute atomic E-state index is 13.3. The molecule has 0 saturated carbocycles. The summed E-state index contributed by atoms with van der Waals surface area (Å²) in [5.41, 5.74) is 3.24. The number of ether oxygens (including phenoxy) is 2. The van der Waals surface area contributed by atoms with Crippen LogP contribution in [0.5, 0.6) is 0 Å². The summed E-state index contributed by atoms with van der Waals surface area (Å²) >= 11 is 0. The number of rotatable bonds is 8. The largest absolute Gasteiger partial charge is 0.462 e. The molecule has 0 saturated heterocycles. The SMILES string of the molecule is CCOC(=O)c1ccnc(Nc2nnc(-c3ccccc3)c(-c3ccccc3)c2C(=O)OCC)c1. The molecule has 2 aromatic heterocycles. The van der Waals surface area contributed by atoms with Crippen molar-refractivity contribution in [3.8, 4) is 22.4 Å². The summed E-state index contributed by atoms with van der Waals surface area (Å²) in [6, 6.07) is 22.1. The monoisotopic (exact) mass is 468 g/mol. The van der Waals surface area contributed by atoms with Gasteiger partial charge in [0.05, 0.1) is 18.8 Å². The van der Waals surface area contributed by atoms with Crippen LogP contribution in [0.3, 0.4) is 0 Å². The van der Waals surface area contributed by atoms with E-state index in [1.54, 1.807) is 19.9 Å². The number of carbonyl (C=O) groups is 2. The molecular weight excluding hydrogens is 444 g/mol. The fourth-order valence-corrected chi connectivity index (χ4v) is 3.57. The molecule has 8 heteroatoms. The molecule has 4 rings (SSSR count). The van der Waals surface area contributed by atoms with E-state index in [0.29, 0.717) is 22.6 Å². The minimum absolute atomic E-state index is 0.162. The van der Waals surface area contributed by atoms with Crippen molar-refractivity contribution in [3.63, 3.8) is 0 Å². The summed E-state index contributed by atoms with van der Waals surface area (Å²) in [4.78, 5) is 29.7. The lowest BCUT2D eigenvalue weighted by Gasteiger charge is -2.17. The molecule has 8 nitrogen and oxygen atoms in total. The summed E-state index contributed by atoms with van der Waals surface area (Å²) in [6.07, 6.45) is 1.47. The van der Waals surface area contributed by atoms with Gasteiger partial charge in [-0.25, -0.2) is 14.6 Å². The fourth-order valence-electron chi connectivity index (χ4n) is 3.57. The quantitative estimate of drug-likeness (QED) is 0.347. The highest BCUT2D eigenvalue weighted by Gasteiger charge is 2.26. The second-order valence-corrected chi connectivity index (χ2v) is 7.37. The van der Waals surface area contributed by atoms with Gasteiger partial charge in [0, 0.05) is 17.3 Å². The van der Waals surface area contributed by atoms with Crippen LogP contribution in [0.15, 0.2) is 79.0 Å². The van der Waals surface area contributed by atoms with Crippen LogP contribution in [0.1, 0.15) is 34.6 Å². The fraction of sp³-hybridized carbons (Fsp3) is 0.148. The molecule has 0 unspecified atom stereocenters. The van der Waals surface area contributed by atoms with Crippen molar-refractivity contribution in [2.24, 2.45) is 0 Å². The van der Waals surface area contributed by atoms with E-state index >= 15 is 0 Å². The molecule has 0 bridgehead atoms. The van der Waals surface area contributed by atoms with Crippen molar-refractivity contribution >= 4 is 23.6 Å². The van der Waals surface area contributed by atoms with Gasteiger partial charge in [0.1, 0.15) is 17.1 Å². The first kappa shape index (κ1) is 23.6. The van der Waals surface area contributed by atoms with Crippen molar-refractivity contribution in [2.75, 3.05) is 18.5 Å². The zero-order valence-corrected chi connectivity index (χ0v) is 19.4. The van der Waals surface area contributed by atoms with Gasteiger partial charge < -0.3 is 14.8 Å². The van der Waals surface area contributed by atoms with Gasteiger partial charge in [-0.1, -0.05) is 60.7 Å². The first-order chi connectivity index (χ1) is 17.1. The molecule has 0 radical (unpaired) electrons. The molecule has 0 atom stereocenters. The summed E-state index contributed by atoms with van der Waals surface area (Å²) in [7, 11) is 0. The number of nitrogens with zero attached hydrogens (tertiary/aromatic N) is 3. The van der Waals surface area contributed by atoms with Gasteiger partial charge in [0.25, 0.3) is 0 Å². The standard InChI is InChI=1S/C27H24N4O4/c1-3-34-26(32)20-15-16-28-21(17-20)29-25-23(27(33)35-4-2)22(18-11-7-5-8-12-18)24(30-31-25)19-13-9-6-10-14-19/h5-17H,3-4H2,1-2H3,(H,28,29,31). The van der Waals surface area contributed by atoms with Crippen molar-refractivity contribution < 1.29 is 19.1 Å². The van der Waals surface area contributed by atoms with E-state index in [2.05, 4.69) is 20.5 Å². The highest BCUT2D eigenvalue weighted by atomic mass is 16.5. The van der Waals surface area contributed by atoms with E-state index in [9.17, 15) is 9.59 Å². The number of benzene rings is 2. The normalized spacial score (nSPS) is 10.5. The molecule has 176 valence electrons. The Balaban J connectivity index is 1.89. The Labute approximate surface area is 203 Å². The van der Waals surface area contributed by atoms with E-state index in [1.807, 2.05) is 60.7 Å². The molecule has 0 spiro atoms. The minimum atomic E-state index is -0.553.